The number of nitrogens with one attached hydrogen (secondary N) is 1. The Hall–Kier alpha value is -2.27. The number of hydrogen-bond acceptors (Lipinski definition) is 4. The first kappa shape index (κ1) is 18.1. The van der Waals surface area contributed by atoms with Gasteiger partial charge in [-0.1, -0.05) is 18.7 Å². The van der Waals surface area contributed by atoms with Gasteiger partial charge in [-0.3, -0.25) is 4.68 Å². The summed E-state index contributed by atoms with van der Waals surface area (Å²) in [7, 11) is 1.65. The Morgan fingerprint density at radius 1 is 1.25 bits per heavy atom. The molecule has 0 aliphatic rings. The quantitative estimate of drug-likeness (QED) is 0.537. The maximum atomic E-state index is 5.56. The van der Waals surface area contributed by atoms with Crippen LogP contribution in [0.4, 0.5) is 0 Å². The Balaban J connectivity index is 1.77. The lowest BCUT2D eigenvalue weighted by Gasteiger charge is -2.12. The van der Waals surface area contributed by atoms with Gasteiger partial charge in [-0.15, -0.1) is 0 Å². The Morgan fingerprint density at radius 3 is 2.75 bits per heavy atom. The van der Waals surface area contributed by atoms with Crippen molar-refractivity contribution in [1.29, 1.82) is 0 Å². The van der Waals surface area contributed by atoms with Crippen LogP contribution in [0.2, 0.25) is 0 Å². The van der Waals surface area contributed by atoms with Crippen molar-refractivity contribution < 1.29 is 9.47 Å². The summed E-state index contributed by atoms with van der Waals surface area (Å²) >= 11 is 0. The molecule has 0 fully saturated rings. The molecule has 24 heavy (non-hydrogen) atoms. The fraction of sp³-hybridized carbons (Fsp3) is 0.421. The summed E-state index contributed by atoms with van der Waals surface area (Å²) in [6.07, 6.45) is 2.76. The van der Waals surface area contributed by atoms with Crippen LogP contribution in [0.5, 0.6) is 11.5 Å². The van der Waals surface area contributed by atoms with Crippen molar-refractivity contribution in [2.24, 2.45) is 0 Å². The summed E-state index contributed by atoms with van der Waals surface area (Å²) in [5, 5.41) is 7.93. The number of aryl methyl sites for hydroxylation is 3. The SMILES string of the molecule is C=CCOc1ccc(CNCCCn2nc(C)cc2C)cc1OC. The molecule has 0 aliphatic heterocycles. The van der Waals surface area contributed by atoms with Gasteiger partial charge in [0.2, 0.25) is 0 Å². The second-order valence-electron chi connectivity index (χ2n) is 5.77. The van der Waals surface area contributed by atoms with E-state index in [0.717, 1.165) is 43.2 Å². The van der Waals surface area contributed by atoms with Crippen LogP contribution in [-0.4, -0.2) is 30.0 Å². The third-order valence-corrected chi connectivity index (χ3v) is 3.74. The predicted molar refractivity (Wildman–Crippen MR) is 96.7 cm³/mol. The van der Waals surface area contributed by atoms with Crippen LogP contribution in [0.15, 0.2) is 36.9 Å². The van der Waals surface area contributed by atoms with Gasteiger partial charge in [0, 0.05) is 18.8 Å². The molecule has 2 aromatic rings. The van der Waals surface area contributed by atoms with E-state index in [4.69, 9.17) is 9.47 Å². The average molecular weight is 329 g/mol. The van der Waals surface area contributed by atoms with E-state index in [2.05, 4.69) is 40.7 Å². The van der Waals surface area contributed by atoms with Gasteiger partial charge in [0.15, 0.2) is 11.5 Å². The highest BCUT2D eigenvalue weighted by Crippen LogP contribution is 2.28. The van der Waals surface area contributed by atoms with Gasteiger partial charge in [0.05, 0.1) is 12.8 Å². The number of rotatable bonds is 10. The van der Waals surface area contributed by atoms with E-state index in [9.17, 15) is 0 Å². The molecule has 5 nitrogen and oxygen atoms in total. The van der Waals surface area contributed by atoms with Gasteiger partial charge in [0.1, 0.15) is 6.61 Å². The van der Waals surface area contributed by atoms with E-state index in [0.29, 0.717) is 6.61 Å². The molecule has 1 N–H and O–H groups in total. The van der Waals surface area contributed by atoms with Crippen molar-refractivity contribution in [2.45, 2.75) is 33.4 Å². The van der Waals surface area contributed by atoms with Crippen LogP contribution in [0.25, 0.3) is 0 Å². The lowest BCUT2D eigenvalue weighted by atomic mass is 10.2. The van der Waals surface area contributed by atoms with Gasteiger partial charge < -0.3 is 14.8 Å². The van der Waals surface area contributed by atoms with Gasteiger partial charge in [-0.25, -0.2) is 0 Å². The normalized spacial score (nSPS) is 10.6. The summed E-state index contributed by atoms with van der Waals surface area (Å²) in [6, 6.07) is 8.10. The smallest absolute Gasteiger partial charge is 0.161 e. The summed E-state index contributed by atoms with van der Waals surface area (Å²) < 4.78 is 13.0. The second-order valence-corrected chi connectivity index (χ2v) is 5.77. The number of nitrogens with zero attached hydrogens (tertiary/aromatic N) is 2. The zero-order valence-electron chi connectivity index (χ0n) is 14.8. The molecular formula is C19H27N3O2. The van der Waals surface area contributed by atoms with E-state index < -0.39 is 0 Å². The minimum absolute atomic E-state index is 0.472. The van der Waals surface area contributed by atoms with Crippen molar-refractivity contribution >= 4 is 0 Å². The van der Waals surface area contributed by atoms with Gasteiger partial charge in [0.25, 0.3) is 0 Å². The minimum atomic E-state index is 0.472. The van der Waals surface area contributed by atoms with Gasteiger partial charge in [-0.05, 0) is 50.6 Å². The summed E-state index contributed by atoms with van der Waals surface area (Å²) in [6.45, 7) is 10.9. The zero-order valence-corrected chi connectivity index (χ0v) is 14.8. The van der Waals surface area contributed by atoms with E-state index >= 15 is 0 Å². The monoisotopic (exact) mass is 329 g/mol. The molecule has 1 aromatic carbocycles. The first-order valence-corrected chi connectivity index (χ1v) is 8.26. The third kappa shape index (κ3) is 5.13. The van der Waals surface area contributed by atoms with Crippen molar-refractivity contribution in [3.63, 3.8) is 0 Å². The molecule has 0 bridgehead atoms. The number of methoxy groups -OCH3 is 1. The van der Waals surface area contributed by atoms with Crippen molar-refractivity contribution in [3.8, 4) is 11.5 Å². The zero-order chi connectivity index (χ0) is 17.4. The first-order chi connectivity index (χ1) is 11.6. The van der Waals surface area contributed by atoms with Crippen LogP contribution in [0.3, 0.4) is 0 Å². The molecule has 0 radical (unpaired) electrons. The molecular weight excluding hydrogens is 302 g/mol. The maximum Gasteiger partial charge on any atom is 0.161 e. The predicted octanol–water partition coefficient (Wildman–Crippen LogP) is 3.25. The molecule has 1 heterocycles. The Morgan fingerprint density at radius 2 is 2.08 bits per heavy atom. The van der Waals surface area contributed by atoms with Crippen molar-refractivity contribution in [2.75, 3.05) is 20.3 Å². The van der Waals surface area contributed by atoms with Gasteiger partial charge >= 0.3 is 0 Å². The average Bonchev–Trinajstić information content (AvgIpc) is 2.90. The molecule has 0 unspecified atom stereocenters. The Kier molecular flexibility index (Phi) is 6.88. The molecule has 0 atom stereocenters. The molecule has 2 rings (SSSR count). The fourth-order valence-electron chi connectivity index (χ4n) is 2.58. The van der Waals surface area contributed by atoms with Crippen molar-refractivity contribution in [3.05, 3.63) is 53.9 Å². The lowest BCUT2D eigenvalue weighted by Crippen LogP contribution is -2.17. The van der Waals surface area contributed by atoms with Crippen LogP contribution in [0, 0.1) is 13.8 Å². The lowest BCUT2D eigenvalue weighted by molar-refractivity contribution is 0.326. The number of ether oxygens (including phenoxy) is 2. The molecule has 1 aromatic heterocycles. The molecule has 0 saturated carbocycles. The highest BCUT2D eigenvalue weighted by atomic mass is 16.5. The molecule has 0 spiro atoms. The number of hydrogen-bond donors (Lipinski definition) is 1. The number of aromatic nitrogens is 2. The highest BCUT2D eigenvalue weighted by molar-refractivity contribution is 5.43. The molecule has 130 valence electrons. The van der Waals surface area contributed by atoms with Crippen LogP contribution in [0.1, 0.15) is 23.4 Å². The molecule has 0 saturated heterocycles. The summed E-state index contributed by atoms with van der Waals surface area (Å²) in [5.74, 6) is 1.49. The standard InChI is InChI=1S/C19H27N3O2/c1-5-11-24-18-8-7-17(13-19(18)23-4)14-20-9-6-10-22-16(3)12-15(2)21-22/h5,7-8,12-13,20H,1,6,9-11,14H2,2-4H3. The minimum Gasteiger partial charge on any atom is -0.493 e. The van der Waals surface area contributed by atoms with E-state index in [1.54, 1.807) is 13.2 Å². The van der Waals surface area contributed by atoms with Crippen LogP contribution >= 0.6 is 0 Å². The van der Waals surface area contributed by atoms with Crippen molar-refractivity contribution in [1.82, 2.24) is 15.1 Å². The Labute approximate surface area is 144 Å². The van der Waals surface area contributed by atoms with Gasteiger partial charge in [-0.2, -0.15) is 5.10 Å². The maximum absolute atomic E-state index is 5.56. The van der Waals surface area contributed by atoms with E-state index in [-0.39, 0.29) is 0 Å². The third-order valence-electron chi connectivity index (χ3n) is 3.74. The van der Waals surface area contributed by atoms with E-state index in [1.165, 1.54) is 11.3 Å². The summed E-state index contributed by atoms with van der Waals surface area (Å²) in [4.78, 5) is 0. The molecule has 5 heteroatoms. The Bertz CT molecular complexity index is 665. The largest absolute Gasteiger partial charge is 0.493 e. The summed E-state index contributed by atoms with van der Waals surface area (Å²) in [5.41, 5.74) is 3.46. The van der Waals surface area contributed by atoms with Crippen LogP contribution in [-0.2, 0) is 13.1 Å². The molecule has 0 amide bonds. The fourth-order valence-corrected chi connectivity index (χ4v) is 2.58. The first-order valence-electron chi connectivity index (χ1n) is 8.26. The second kappa shape index (κ2) is 9.13. The number of benzene rings is 1. The topological polar surface area (TPSA) is 48.3 Å². The molecule has 0 aliphatic carbocycles. The van der Waals surface area contributed by atoms with Crippen LogP contribution < -0.4 is 14.8 Å². The van der Waals surface area contributed by atoms with E-state index in [1.807, 2.05) is 19.1 Å². The highest BCUT2D eigenvalue weighted by Gasteiger charge is 2.05.